The molecule has 1 aliphatic heterocycles. The number of unbranched alkanes of at least 4 members (excludes halogenated alkanes) is 1. The van der Waals surface area contributed by atoms with Crippen LogP contribution in [-0.2, 0) is 0 Å². The summed E-state index contributed by atoms with van der Waals surface area (Å²) in [4.78, 5) is 6.40. The number of likely N-dealkylation sites (tertiary alicyclic amines) is 1. The summed E-state index contributed by atoms with van der Waals surface area (Å²) in [7, 11) is 1.71. The SMILES string of the molecule is CN=C(NCCCCC(F)(F)F)N1CC(C)(C)C1(C)C.I. The largest absolute Gasteiger partial charge is 0.389 e. The fourth-order valence-electron chi connectivity index (χ4n) is 2.35. The quantitative estimate of drug-likeness (QED) is 0.321. The highest BCUT2D eigenvalue weighted by Crippen LogP contribution is 2.46. The van der Waals surface area contributed by atoms with Gasteiger partial charge in [-0.1, -0.05) is 13.8 Å². The first-order chi connectivity index (χ1) is 9.01. The van der Waals surface area contributed by atoms with Gasteiger partial charge in [0.15, 0.2) is 5.96 Å². The number of hydrogen-bond donors (Lipinski definition) is 1. The van der Waals surface area contributed by atoms with Gasteiger partial charge in [-0.25, -0.2) is 0 Å². The molecule has 0 amide bonds. The van der Waals surface area contributed by atoms with Crippen LogP contribution in [-0.4, -0.2) is 42.7 Å². The molecular weight excluding hydrogens is 394 g/mol. The minimum absolute atomic E-state index is 0. The summed E-state index contributed by atoms with van der Waals surface area (Å²) in [5.74, 6) is 0.779. The lowest BCUT2D eigenvalue weighted by Crippen LogP contribution is -2.72. The van der Waals surface area contributed by atoms with Crippen molar-refractivity contribution in [1.29, 1.82) is 0 Å². The molecule has 126 valence electrons. The van der Waals surface area contributed by atoms with E-state index in [-0.39, 0.29) is 41.4 Å². The van der Waals surface area contributed by atoms with E-state index in [0.717, 1.165) is 12.5 Å². The van der Waals surface area contributed by atoms with Crippen molar-refractivity contribution < 1.29 is 13.2 Å². The van der Waals surface area contributed by atoms with E-state index in [0.29, 0.717) is 13.0 Å². The van der Waals surface area contributed by atoms with Crippen LogP contribution in [0.3, 0.4) is 0 Å². The number of alkyl halides is 3. The number of aliphatic imine (C=N–C) groups is 1. The maximum Gasteiger partial charge on any atom is 0.389 e. The first-order valence-corrected chi connectivity index (χ1v) is 7.06. The Balaban J connectivity index is 0.00000400. The Morgan fingerprint density at radius 3 is 2.14 bits per heavy atom. The predicted molar refractivity (Wildman–Crippen MR) is 91.2 cm³/mol. The Hall–Kier alpha value is -0.210. The van der Waals surface area contributed by atoms with E-state index in [4.69, 9.17) is 0 Å². The van der Waals surface area contributed by atoms with Crippen LogP contribution in [0.25, 0.3) is 0 Å². The van der Waals surface area contributed by atoms with Gasteiger partial charge in [-0.05, 0) is 26.7 Å². The second-order valence-electron chi connectivity index (χ2n) is 6.58. The molecule has 3 nitrogen and oxygen atoms in total. The van der Waals surface area contributed by atoms with Crippen LogP contribution in [0.2, 0.25) is 0 Å². The highest BCUT2D eigenvalue weighted by Gasteiger charge is 2.53. The van der Waals surface area contributed by atoms with E-state index in [1.54, 1.807) is 7.05 Å². The van der Waals surface area contributed by atoms with Gasteiger partial charge >= 0.3 is 6.18 Å². The lowest BCUT2D eigenvalue weighted by molar-refractivity contribution is -0.135. The number of nitrogens with zero attached hydrogens (tertiary/aromatic N) is 2. The van der Waals surface area contributed by atoms with Crippen LogP contribution in [0.15, 0.2) is 4.99 Å². The van der Waals surface area contributed by atoms with Crippen molar-refractivity contribution in [3.8, 4) is 0 Å². The molecule has 1 saturated heterocycles. The summed E-state index contributed by atoms with van der Waals surface area (Å²) in [5, 5.41) is 3.16. The monoisotopic (exact) mass is 421 g/mol. The van der Waals surface area contributed by atoms with Gasteiger partial charge in [0.05, 0.1) is 0 Å². The molecule has 0 radical (unpaired) electrons. The molecule has 1 heterocycles. The smallest absolute Gasteiger partial charge is 0.356 e. The van der Waals surface area contributed by atoms with E-state index in [9.17, 15) is 13.2 Å². The van der Waals surface area contributed by atoms with Crippen molar-refractivity contribution in [3.63, 3.8) is 0 Å². The average Bonchev–Trinajstić information content (AvgIpc) is 2.30. The maximum atomic E-state index is 12.0. The van der Waals surface area contributed by atoms with Gasteiger partial charge in [-0.3, -0.25) is 4.99 Å². The molecule has 1 aliphatic rings. The van der Waals surface area contributed by atoms with Crippen LogP contribution < -0.4 is 5.32 Å². The van der Waals surface area contributed by atoms with Gasteiger partial charge in [0.2, 0.25) is 0 Å². The molecule has 0 unspecified atom stereocenters. The number of guanidine groups is 1. The number of rotatable bonds is 4. The zero-order chi connectivity index (χ0) is 15.6. The Labute approximate surface area is 142 Å². The number of halogens is 4. The van der Waals surface area contributed by atoms with Crippen molar-refractivity contribution in [1.82, 2.24) is 10.2 Å². The highest BCUT2D eigenvalue weighted by molar-refractivity contribution is 14.0. The van der Waals surface area contributed by atoms with Gasteiger partial charge in [0, 0.05) is 37.5 Å². The second kappa shape index (κ2) is 7.37. The fraction of sp³-hybridized carbons (Fsp3) is 0.929. The topological polar surface area (TPSA) is 27.6 Å². The molecule has 1 N–H and O–H groups in total. The van der Waals surface area contributed by atoms with E-state index < -0.39 is 12.6 Å². The van der Waals surface area contributed by atoms with E-state index >= 15 is 0 Å². The Kier molecular flexibility index (Phi) is 7.30. The maximum absolute atomic E-state index is 12.0. The average molecular weight is 421 g/mol. The first-order valence-electron chi connectivity index (χ1n) is 7.06. The van der Waals surface area contributed by atoms with Crippen molar-refractivity contribution in [2.75, 3.05) is 20.1 Å². The number of nitrogens with one attached hydrogen (secondary N) is 1. The van der Waals surface area contributed by atoms with Gasteiger partial charge in [-0.2, -0.15) is 13.2 Å². The summed E-state index contributed by atoms with van der Waals surface area (Å²) < 4.78 is 36.1. The summed E-state index contributed by atoms with van der Waals surface area (Å²) in [6, 6.07) is 0. The fourth-order valence-corrected chi connectivity index (χ4v) is 2.35. The van der Waals surface area contributed by atoms with Gasteiger partial charge < -0.3 is 10.2 Å². The third-order valence-corrected chi connectivity index (χ3v) is 4.52. The van der Waals surface area contributed by atoms with Crippen LogP contribution in [0.4, 0.5) is 13.2 Å². The second-order valence-corrected chi connectivity index (χ2v) is 6.58. The molecule has 1 fully saturated rings. The summed E-state index contributed by atoms with van der Waals surface area (Å²) in [5.41, 5.74) is 0.210. The van der Waals surface area contributed by atoms with Crippen LogP contribution in [0.5, 0.6) is 0 Å². The lowest BCUT2D eigenvalue weighted by Gasteiger charge is -2.62. The third-order valence-electron chi connectivity index (χ3n) is 4.52. The van der Waals surface area contributed by atoms with Crippen LogP contribution >= 0.6 is 24.0 Å². The standard InChI is InChI=1S/C14H26F3N3.HI/c1-12(2)10-20(13(12,3)4)11(18-5)19-9-7-6-8-14(15,16)17;/h6-10H2,1-5H3,(H,18,19);1H. The minimum atomic E-state index is -4.05. The van der Waals surface area contributed by atoms with E-state index in [2.05, 4.69) is 42.9 Å². The molecule has 0 spiro atoms. The summed E-state index contributed by atoms with van der Waals surface area (Å²) >= 11 is 0. The Morgan fingerprint density at radius 2 is 1.76 bits per heavy atom. The molecule has 1 rings (SSSR count). The van der Waals surface area contributed by atoms with Gasteiger partial charge in [0.25, 0.3) is 0 Å². The summed E-state index contributed by atoms with van der Waals surface area (Å²) in [6.45, 7) is 10.2. The molecule has 21 heavy (non-hydrogen) atoms. The highest BCUT2D eigenvalue weighted by atomic mass is 127. The van der Waals surface area contributed by atoms with Gasteiger partial charge in [-0.15, -0.1) is 24.0 Å². The normalized spacial score (nSPS) is 20.6. The molecular formula is C14H27F3IN3. The minimum Gasteiger partial charge on any atom is -0.356 e. The van der Waals surface area contributed by atoms with E-state index in [1.807, 2.05) is 0 Å². The van der Waals surface area contributed by atoms with Crippen molar-refractivity contribution >= 4 is 29.9 Å². The summed E-state index contributed by atoms with van der Waals surface area (Å²) in [6.07, 6.45) is -4.11. The van der Waals surface area contributed by atoms with Crippen molar-refractivity contribution in [2.45, 2.75) is 58.7 Å². The molecule has 0 saturated carbocycles. The Bertz CT molecular complexity index is 365. The van der Waals surface area contributed by atoms with Crippen LogP contribution in [0, 0.1) is 5.41 Å². The molecule has 0 aromatic heterocycles. The van der Waals surface area contributed by atoms with Crippen molar-refractivity contribution in [2.24, 2.45) is 10.4 Å². The molecule has 0 atom stereocenters. The molecule has 7 heteroatoms. The zero-order valence-electron chi connectivity index (χ0n) is 13.5. The zero-order valence-corrected chi connectivity index (χ0v) is 15.8. The lowest BCUT2D eigenvalue weighted by atomic mass is 9.65. The predicted octanol–water partition coefficient (Wildman–Crippen LogP) is 4.03. The van der Waals surface area contributed by atoms with Gasteiger partial charge in [0.1, 0.15) is 0 Å². The molecule has 0 bridgehead atoms. The van der Waals surface area contributed by atoms with Crippen LogP contribution in [0.1, 0.15) is 47.0 Å². The molecule has 0 aliphatic carbocycles. The van der Waals surface area contributed by atoms with Crippen molar-refractivity contribution in [3.05, 3.63) is 0 Å². The third kappa shape index (κ3) is 5.17. The molecule has 0 aromatic rings. The number of hydrogen-bond acceptors (Lipinski definition) is 1. The van der Waals surface area contributed by atoms with E-state index in [1.165, 1.54) is 0 Å². The Morgan fingerprint density at radius 1 is 1.19 bits per heavy atom. The first kappa shape index (κ1) is 20.8. The molecule has 0 aromatic carbocycles.